The van der Waals surface area contributed by atoms with Crippen LogP contribution in [0.1, 0.15) is 58.3 Å². The first-order valence-electron chi connectivity index (χ1n) is 11.5. The van der Waals surface area contributed by atoms with E-state index in [0.717, 1.165) is 57.3 Å². The largest absolute Gasteiger partial charge is 0.450 e. The molecule has 0 radical (unpaired) electrons. The van der Waals surface area contributed by atoms with Crippen LogP contribution in [0.5, 0.6) is 0 Å². The number of piperidine rings is 1. The van der Waals surface area contributed by atoms with E-state index in [9.17, 15) is 9.59 Å². The highest BCUT2D eigenvalue weighted by Gasteiger charge is 2.22. The van der Waals surface area contributed by atoms with Crippen molar-refractivity contribution in [2.24, 2.45) is 0 Å². The van der Waals surface area contributed by atoms with Gasteiger partial charge in [0.05, 0.1) is 6.61 Å². The number of carbonyl (C=O) groups excluding carboxylic acids is 2. The molecule has 2 rings (SSSR count). The molecule has 1 aromatic rings. The van der Waals surface area contributed by atoms with Crippen molar-refractivity contribution < 1.29 is 14.3 Å². The van der Waals surface area contributed by atoms with E-state index in [4.69, 9.17) is 16.3 Å². The normalized spacial score (nSPS) is 16.5. The molecule has 1 unspecified atom stereocenters. The summed E-state index contributed by atoms with van der Waals surface area (Å²) in [6.45, 7) is 5.97. The number of hydrogen-bond acceptors (Lipinski definition) is 4. The van der Waals surface area contributed by atoms with E-state index in [1.165, 1.54) is 12.8 Å². The zero-order valence-electron chi connectivity index (χ0n) is 18.6. The highest BCUT2D eigenvalue weighted by molar-refractivity contribution is 6.30. The molecule has 0 saturated carbocycles. The monoisotopic (exact) mass is 452 g/mol. The standard InChI is InChI=1S/C23H37ClN4O3/c1-2-3-17-31-23(30)26-18-21-9-5-8-16-28(21)15-7-4-6-14-25-22(29)27-20-12-10-19(24)11-13-20/h10-13,21H,2-9,14-18H2,1H3,(H,26,30)(H2,25,27,29). The van der Waals surface area contributed by atoms with Crippen LogP contribution < -0.4 is 16.0 Å². The molecule has 8 heteroatoms. The number of amides is 3. The summed E-state index contributed by atoms with van der Waals surface area (Å²) in [5, 5.41) is 9.25. The number of ether oxygens (including phenoxy) is 1. The molecule has 0 aliphatic carbocycles. The lowest BCUT2D eigenvalue weighted by atomic mass is 10.0. The SMILES string of the molecule is CCCCOC(=O)NCC1CCCCN1CCCCCNC(=O)Nc1ccc(Cl)cc1. The van der Waals surface area contributed by atoms with Crippen molar-refractivity contribution in [2.45, 2.75) is 64.3 Å². The van der Waals surface area contributed by atoms with Gasteiger partial charge in [-0.05, 0) is 69.5 Å². The van der Waals surface area contributed by atoms with Crippen molar-refractivity contribution in [3.8, 4) is 0 Å². The Morgan fingerprint density at radius 3 is 2.68 bits per heavy atom. The molecule has 174 valence electrons. The molecule has 1 saturated heterocycles. The van der Waals surface area contributed by atoms with E-state index in [0.29, 0.717) is 30.8 Å². The Morgan fingerprint density at radius 1 is 1.10 bits per heavy atom. The summed E-state index contributed by atoms with van der Waals surface area (Å²) < 4.78 is 5.18. The van der Waals surface area contributed by atoms with Gasteiger partial charge in [0, 0.05) is 29.8 Å². The number of unbranched alkanes of at least 4 members (excludes halogenated alkanes) is 3. The van der Waals surface area contributed by atoms with Crippen LogP contribution in [0, 0.1) is 0 Å². The van der Waals surface area contributed by atoms with Crippen molar-refractivity contribution in [1.82, 2.24) is 15.5 Å². The molecule has 0 aromatic heterocycles. The molecule has 0 spiro atoms. The lowest BCUT2D eigenvalue weighted by Gasteiger charge is -2.35. The zero-order valence-corrected chi connectivity index (χ0v) is 19.4. The first-order valence-corrected chi connectivity index (χ1v) is 11.9. The Hall–Kier alpha value is -1.99. The topological polar surface area (TPSA) is 82.7 Å². The number of carbonyl (C=O) groups is 2. The predicted octanol–water partition coefficient (Wildman–Crippen LogP) is 5.01. The molecule has 1 aliphatic rings. The first kappa shape index (κ1) is 25.3. The zero-order chi connectivity index (χ0) is 22.3. The molecule has 1 heterocycles. The third-order valence-corrected chi connectivity index (χ3v) is 5.72. The fourth-order valence-electron chi connectivity index (χ4n) is 3.67. The number of nitrogens with zero attached hydrogens (tertiary/aromatic N) is 1. The van der Waals surface area contributed by atoms with E-state index < -0.39 is 0 Å². The number of likely N-dealkylation sites (tertiary alicyclic amines) is 1. The van der Waals surface area contributed by atoms with Gasteiger partial charge in [-0.15, -0.1) is 0 Å². The average molecular weight is 453 g/mol. The number of nitrogens with one attached hydrogen (secondary N) is 3. The minimum absolute atomic E-state index is 0.199. The Morgan fingerprint density at radius 2 is 1.90 bits per heavy atom. The maximum absolute atomic E-state index is 11.9. The molecular formula is C23H37ClN4O3. The van der Waals surface area contributed by atoms with Crippen molar-refractivity contribution in [1.29, 1.82) is 0 Å². The summed E-state index contributed by atoms with van der Waals surface area (Å²) in [6.07, 6.45) is 8.23. The van der Waals surface area contributed by atoms with Crippen molar-refractivity contribution in [3.05, 3.63) is 29.3 Å². The van der Waals surface area contributed by atoms with Crippen molar-refractivity contribution in [3.63, 3.8) is 0 Å². The van der Waals surface area contributed by atoms with E-state index in [2.05, 4.69) is 27.8 Å². The Balaban J connectivity index is 1.55. The Labute approximate surface area is 191 Å². The van der Waals surface area contributed by atoms with Gasteiger partial charge in [0.2, 0.25) is 0 Å². The minimum Gasteiger partial charge on any atom is -0.450 e. The molecule has 3 N–H and O–H groups in total. The Kier molecular flexibility index (Phi) is 12.2. The van der Waals surface area contributed by atoms with Crippen LogP contribution in [0.25, 0.3) is 0 Å². The molecule has 7 nitrogen and oxygen atoms in total. The summed E-state index contributed by atoms with van der Waals surface area (Å²) in [7, 11) is 0. The summed E-state index contributed by atoms with van der Waals surface area (Å²) in [6, 6.07) is 7.23. The molecule has 1 fully saturated rings. The third kappa shape index (κ3) is 10.7. The van der Waals surface area contributed by atoms with Crippen LogP contribution in [0.15, 0.2) is 24.3 Å². The van der Waals surface area contributed by atoms with Crippen LogP contribution in [-0.2, 0) is 4.74 Å². The van der Waals surface area contributed by atoms with Crippen LogP contribution >= 0.6 is 11.6 Å². The molecule has 1 aliphatic heterocycles. The fraction of sp³-hybridized carbons (Fsp3) is 0.652. The van der Waals surface area contributed by atoms with Crippen LogP contribution in [0.2, 0.25) is 5.02 Å². The number of urea groups is 1. The second-order valence-corrected chi connectivity index (χ2v) is 8.44. The summed E-state index contributed by atoms with van der Waals surface area (Å²) in [4.78, 5) is 26.2. The van der Waals surface area contributed by atoms with Gasteiger partial charge in [-0.25, -0.2) is 9.59 Å². The maximum atomic E-state index is 11.9. The average Bonchev–Trinajstić information content (AvgIpc) is 2.77. The van der Waals surface area contributed by atoms with Gasteiger partial charge in [-0.2, -0.15) is 0 Å². The van der Waals surface area contributed by atoms with Crippen LogP contribution in [-0.4, -0.2) is 55.9 Å². The van der Waals surface area contributed by atoms with Gasteiger partial charge in [-0.3, -0.25) is 4.90 Å². The predicted molar refractivity (Wildman–Crippen MR) is 126 cm³/mol. The summed E-state index contributed by atoms with van der Waals surface area (Å²) in [5.74, 6) is 0. The lowest BCUT2D eigenvalue weighted by molar-refractivity contribution is 0.123. The van der Waals surface area contributed by atoms with Gasteiger partial charge in [0.15, 0.2) is 0 Å². The van der Waals surface area contributed by atoms with Crippen molar-refractivity contribution in [2.75, 3.05) is 38.1 Å². The van der Waals surface area contributed by atoms with E-state index in [-0.39, 0.29) is 12.1 Å². The van der Waals surface area contributed by atoms with Crippen LogP contribution in [0.4, 0.5) is 15.3 Å². The lowest BCUT2D eigenvalue weighted by Crippen LogP contribution is -2.47. The highest BCUT2D eigenvalue weighted by atomic mass is 35.5. The Bertz CT molecular complexity index is 657. The van der Waals surface area contributed by atoms with E-state index in [1.807, 2.05) is 0 Å². The molecule has 0 bridgehead atoms. The molecule has 1 aromatic carbocycles. The van der Waals surface area contributed by atoms with E-state index >= 15 is 0 Å². The van der Waals surface area contributed by atoms with Gasteiger partial charge >= 0.3 is 12.1 Å². The van der Waals surface area contributed by atoms with Gasteiger partial charge in [-0.1, -0.05) is 37.8 Å². The number of hydrogen-bond donors (Lipinski definition) is 3. The fourth-order valence-corrected chi connectivity index (χ4v) is 3.80. The quantitative estimate of drug-likeness (QED) is 0.389. The number of anilines is 1. The minimum atomic E-state index is -0.304. The summed E-state index contributed by atoms with van der Waals surface area (Å²) >= 11 is 5.84. The second kappa shape index (κ2) is 14.9. The summed E-state index contributed by atoms with van der Waals surface area (Å²) in [5.41, 5.74) is 0.723. The smallest absolute Gasteiger partial charge is 0.407 e. The van der Waals surface area contributed by atoms with Gasteiger partial charge in [0.1, 0.15) is 0 Å². The molecular weight excluding hydrogens is 416 g/mol. The maximum Gasteiger partial charge on any atom is 0.407 e. The molecule has 3 amide bonds. The second-order valence-electron chi connectivity index (χ2n) is 8.00. The number of benzene rings is 1. The molecule has 1 atom stereocenters. The highest BCUT2D eigenvalue weighted by Crippen LogP contribution is 2.17. The van der Waals surface area contributed by atoms with Crippen molar-refractivity contribution >= 4 is 29.4 Å². The van der Waals surface area contributed by atoms with Crippen LogP contribution in [0.3, 0.4) is 0 Å². The third-order valence-electron chi connectivity index (χ3n) is 5.47. The molecule has 31 heavy (non-hydrogen) atoms. The number of rotatable bonds is 12. The van der Waals surface area contributed by atoms with Gasteiger partial charge < -0.3 is 20.7 Å². The van der Waals surface area contributed by atoms with Gasteiger partial charge in [0.25, 0.3) is 0 Å². The first-order chi connectivity index (χ1) is 15.1. The number of halogens is 1. The number of alkyl carbamates (subject to hydrolysis) is 1. The van der Waals surface area contributed by atoms with E-state index in [1.54, 1.807) is 24.3 Å².